The number of rotatable bonds is 5. The molecule has 0 heterocycles. The van der Waals surface area contributed by atoms with Gasteiger partial charge in [-0.25, -0.2) is 0 Å². The first kappa shape index (κ1) is 20.7. The van der Waals surface area contributed by atoms with Crippen molar-refractivity contribution in [3.8, 4) is 0 Å². The Bertz CT molecular complexity index is 607. The van der Waals surface area contributed by atoms with Gasteiger partial charge in [0.2, 0.25) is 0 Å². The SMILES string of the molecule is CNCCCON=C1CC[C@]2(C)[C@H]3CC[C@]4(C)CCC[C@H]4[C@@H]3C[C@H](C)[C@@]2(O)C1. The minimum Gasteiger partial charge on any atom is -0.396 e. The van der Waals surface area contributed by atoms with Gasteiger partial charge in [-0.15, -0.1) is 0 Å². The molecule has 2 N–H and O–H groups in total. The van der Waals surface area contributed by atoms with Crippen molar-refractivity contribution in [1.29, 1.82) is 0 Å². The molecule has 0 unspecified atom stereocenters. The minimum absolute atomic E-state index is 0.0321. The number of nitrogens with zero attached hydrogens (tertiary/aromatic N) is 1. The Balaban J connectivity index is 1.51. The van der Waals surface area contributed by atoms with Gasteiger partial charge in [0.1, 0.15) is 6.61 Å². The fourth-order valence-electron chi connectivity index (χ4n) is 8.00. The maximum Gasteiger partial charge on any atom is 0.118 e. The van der Waals surface area contributed by atoms with Gasteiger partial charge < -0.3 is 15.3 Å². The molecule has 4 nitrogen and oxygen atoms in total. The zero-order valence-corrected chi connectivity index (χ0v) is 18.6. The summed E-state index contributed by atoms with van der Waals surface area (Å²) in [6, 6.07) is 0. The second kappa shape index (κ2) is 7.58. The van der Waals surface area contributed by atoms with Crippen LogP contribution in [0.3, 0.4) is 0 Å². The first-order chi connectivity index (χ1) is 13.3. The van der Waals surface area contributed by atoms with Gasteiger partial charge in [0.25, 0.3) is 0 Å². The third-order valence-electron chi connectivity index (χ3n) is 9.73. The van der Waals surface area contributed by atoms with Crippen molar-refractivity contribution in [3.63, 3.8) is 0 Å². The molecule has 0 aromatic carbocycles. The van der Waals surface area contributed by atoms with Crippen molar-refractivity contribution in [2.75, 3.05) is 20.2 Å². The van der Waals surface area contributed by atoms with Crippen LogP contribution >= 0.6 is 0 Å². The van der Waals surface area contributed by atoms with E-state index in [2.05, 4.69) is 31.2 Å². The maximum absolute atomic E-state index is 12.0. The van der Waals surface area contributed by atoms with Gasteiger partial charge in [0.15, 0.2) is 0 Å². The highest BCUT2D eigenvalue weighted by molar-refractivity contribution is 5.86. The van der Waals surface area contributed by atoms with E-state index in [0.717, 1.165) is 43.4 Å². The normalized spacial score (nSPS) is 49.4. The van der Waals surface area contributed by atoms with Crippen LogP contribution in [0.4, 0.5) is 0 Å². The smallest absolute Gasteiger partial charge is 0.118 e. The molecule has 4 fully saturated rings. The van der Waals surface area contributed by atoms with Crippen molar-refractivity contribution in [2.45, 2.75) is 90.6 Å². The average Bonchev–Trinajstić information content (AvgIpc) is 3.06. The summed E-state index contributed by atoms with van der Waals surface area (Å²) >= 11 is 0. The predicted octanol–water partition coefficient (Wildman–Crippen LogP) is 4.76. The summed E-state index contributed by atoms with van der Waals surface area (Å²) in [4.78, 5) is 5.58. The lowest BCUT2D eigenvalue weighted by Gasteiger charge is -2.65. The molecule has 4 aliphatic carbocycles. The molecule has 0 bridgehead atoms. The van der Waals surface area contributed by atoms with Crippen molar-refractivity contribution < 1.29 is 9.94 Å². The lowest BCUT2D eigenvalue weighted by Crippen LogP contribution is -2.65. The highest BCUT2D eigenvalue weighted by atomic mass is 16.6. The quantitative estimate of drug-likeness (QED) is 0.525. The number of hydrogen-bond acceptors (Lipinski definition) is 4. The molecule has 0 aromatic rings. The maximum atomic E-state index is 12.0. The fourth-order valence-corrected chi connectivity index (χ4v) is 8.00. The molecule has 0 amide bonds. The molecule has 160 valence electrons. The Morgan fingerprint density at radius 1 is 1.18 bits per heavy atom. The molecular formula is C24H42N2O2. The number of fused-ring (bicyclic) bond motifs is 5. The first-order valence-electron chi connectivity index (χ1n) is 11.9. The topological polar surface area (TPSA) is 53.8 Å². The van der Waals surface area contributed by atoms with E-state index in [1.54, 1.807) is 0 Å². The van der Waals surface area contributed by atoms with E-state index < -0.39 is 5.60 Å². The molecular weight excluding hydrogens is 348 g/mol. The van der Waals surface area contributed by atoms with E-state index in [1.165, 1.54) is 38.5 Å². The minimum atomic E-state index is -0.619. The van der Waals surface area contributed by atoms with Crippen molar-refractivity contribution in [3.05, 3.63) is 0 Å². The Kier molecular flexibility index (Phi) is 5.59. The van der Waals surface area contributed by atoms with Crippen molar-refractivity contribution in [2.24, 2.45) is 39.7 Å². The molecule has 0 aromatic heterocycles. The first-order valence-corrected chi connectivity index (χ1v) is 11.9. The van der Waals surface area contributed by atoms with Gasteiger partial charge in [0, 0.05) is 11.8 Å². The van der Waals surface area contributed by atoms with Crippen LogP contribution in [0.1, 0.15) is 85.0 Å². The van der Waals surface area contributed by atoms with Gasteiger partial charge in [0.05, 0.1) is 11.3 Å². The van der Waals surface area contributed by atoms with E-state index in [1.807, 2.05) is 7.05 Å². The van der Waals surface area contributed by atoms with Gasteiger partial charge in [-0.1, -0.05) is 32.3 Å². The Hall–Kier alpha value is -0.610. The summed E-state index contributed by atoms with van der Waals surface area (Å²) in [6.07, 6.45) is 11.9. The zero-order chi connectivity index (χ0) is 20.0. The largest absolute Gasteiger partial charge is 0.396 e. The summed E-state index contributed by atoms with van der Waals surface area (Å²) < 4.78 is 0. The summed E-state index contributed by atoms with van der Waals surface area (Å²) in [5.74, 6) is 2.73. The lowest BCUT2D eigenvalue weighted by atomic mass is 9.41. The van der Waals surface area contributed by atoms with E-state index in [0.29, 0.717) is 30.3 Å². The second-order valence-corrected chi connectivity index (χ2v) is 11.1. The average molecular weight is 391 g/mol. The highest BCUT2D eigenvalue weighted by Crippen LogP contribution is 2.68. The van der Waals surface area contributed by atoms with Crippen LogP contribution in [0.2, 0.25) is 0 Å². The van der Waals surface area contributed by atoms with Gasteiger partial charge in [-0.05, 0) is 94.0 Å². The summed E-state index contributed by atoms with van der Waals surface area (Å²) in [5.41, 5.74) is 1.07. The molecule has 0 spiro atoms. The van der Waals surface area contributed by atoms with E-state index in [-0.39, 0.29) is 5.41 Å². The fraction of sp³-hybridized carbons (Fsp3) is 0.958. The Labute approximate surface area is 171 Å². The van der Waals surface area contributed by atoms with E-state index in [4.69, 9.17) is 4.84 Å². The van der Waals surface area contributed by atoms with Gasteiger partial charge in [-0.3, -0.25) is 0 Å². The number of nitrogens with one attached hydrogen (secondary N) is 1. The Morgan fingerprint density at radius 2 is 2.00 bits per heavy atom. The van der Waals surface area contributed by atoms with Crippen LogP contribution in [0.15, 0.2) is 5.16 Å². The van der Waals surface area contributed by atoms with Crippen LogP contribution < -0.4 is 5.32 Å². The van der Waals surface area contributed by atoms with Crippen molar-refractivity contribution in [1.82, 2.24) is 5.32 Å². The lowest BCUT2D eigenvalue weighted by molar-refractivity contribution is -0.215. The molecule has 0 radical (unpaired) electrons. The van der Waals surface area contributed by atoms with Crippen LogP contribution in [0, 0.1) is 34.5 Å². The van der Waals surface area contributed by atoms with Crippen LogP contribution in [-0.4, -0.2) is 36.6 Å². The van der Waals surface area contributed by atoms with Crippen molar-refractivity contribution >= 4 is 5.71 Å². The Morgan fingerprint density at radius 3 is 2.79 bits per heavy atom. The molecule has 28 heavy (non-hydrogen) atoms. The third kappa shape index (κ3) is 3.14. The second-order valence-electron chi connectivity index (χ2n) is 11.1. The van der Waals surface area contributed by atoms with Gasteiger partial charge >= 0.3 is 0 Å². The number of aliphatic hydroxyl groups is 1. The molecule has 4 rings (SSSR count). The molecule has 4 heteroatoms. The van der Waals surface area contributed by atoms with Crippen LogP contribution in [0.5, 0.6) is 0 Å². The highest BCUT2D eigenvalue weighted by Gasteiger charge is 2.65. The van der Waals surface area contributed by atoms with Crippen LogP contribution in [-0.2, 0) is 4.84 Å². The van der Waals surface area contributed by atoms with E-state index in [9.17, 15) is 5.11 Å². The summed E-state index contributed by atoms with van der Waals surface area (Å²) in [6.45, 7) is 8.90. The molecule has 7 atom stereocenters. The third-order valence-corrected chi connectivity index (χ3v) is 9.73. The monoisotopic (exact) mass is 390 g/mol. The van der Waals surface area contributed by atoms with Gasteiger partial charge in [-0.2, -0.15) is 0 Å². The summed E-state index contributed by atoms with van der Waals surface area (Å²) in [7, 11) is 1.96. The standard InChI is InChI=1S/C24H42N2O2/c1-17-15-19-20-7-5-10-22(20,2)11-9-21(19)23(3)12-8-18(16-24(17,23)27)26-28-14-6-13-25-4/h17,19-21,25,27H,5-16H2,1-4H3/t17-,19-,20-,21-,22-,23+,24-/m0/s1. The number of oxime groups is 1. The predicted molar refractivity (Wildman–Crippen MR) is 114 cm³/mol. The number of hydrogen-bond donors (Lipinski definition) is 2. The molecule has 0 aliphatic heterocycles. The van der Waals surface area contributed by atoms with E-state index >= 15 is 0 Å². The van der Waals surface area contributed by atoms with Crippen LogP contribution in [0.25, 0.3) is 0 Å². The summed E-state index contributed by atoms with van der Waals surface area (Å²) in [5, 5.41) is 19.6. The molecule has 4 saturated carbocycles. The zero-order valence-electron chi connectivity index (χ0n) is 18.6. The molecule has 0 saturated heterocycles. The molecule has 4 aliphatic rings.